The van der Waals surface area contributed by atoms with Crippen molar-refractivity contribution in [3.05, 3.63) is 42.0 Å². The molecule has 3 heterocycles. The fourth-order valence-electron chi connectivity index (χ4n) is 3.28. The number of hydrogen-bond donors (Lipinski definition) is 3. The van der Waals surface area contributed by atoms with Crippen LogP contribution in [0.3, 0.4) is 0 Å². The van der Waals surface area contributed by atoms with Gasteiger partial charge in [0.2, 0.25) is 0 Å². The molecular weight excluding hydrogens is 348 g/mol. The molecule has 1 aromatic heterocycles. The van der Waals surface area contributed by atoms with E-state index < -0.39 is 12.1 Å². The molecule has 0 spiro atoms. The number of anilines is 2. The van der Waals surface area contributed by atoms with Gasteiger partial charge in [-0.1, -0.05) is 12.1 Å². The minimum absolute atomic E-state index is 0.312. The van der Waals surface area contributed by atoms with Crippen molar-refractivity contribution >= 4 is 29.2 Å². The predicted molar refractivity (Wildman–Crippen MR) is 98.7 cm³/mol. The summed E-state index contributed by atoms with van der Waals surface area (Å²) in [5.41, 5.74) is 1.03. The van der Waals surface area contributed by atoms with E-state index in [9.17, 15) is 14.4 Å². The Labute approximate surface area is 155 Å². The van der Waals surface area contributed by atoms with Gasteiger partial charge in [-0.3, -0.25) is 9.59 Å². The Morgan fingerprint density at radius 2 is 2.07 bits per heavy atom. The minimum Gasteiger partial charge on any atom is -0.333 e. The average molecular weight is 368 g/mol. The number of aromatic nitrogens is 2. The second-order valence-corrected chi connectivity index (χ2v) is 6.55. The molecule has 1 unspecified atom stereocenters. The van der Waals surface area contributed by atoms with Crippen molar-refractivity contribution in [2.24, 2.45) is 0 Å². The molecule has 2 aromatic rings. The lowest BCUT2D eigenvalue weighted by Gasteiger charge is -2.17. The molecule has 2 aliphatic rings. The zero-order valence-electron chi connectivity index (χ0n) is 14.9. The van der Waals surface area contributed by atoms with Crippen molar-refractivity contribution in [3.63, 3.8) is 0 Å². The van der Waals surface area contributed by atoms with Gasteiger partial charge in [0.25, 0.3) is 11.8 Å². The molecule has 9 heteroatoms. The van der Waals surface area contributed by atoms with Crippen LogP contribution in [0.4, 0.5) is 16.2 Å². The van der Waals surface area contributed by atoms with E-state index in [1.54, 1.807) is 37.4 Å². The van der Waals surface area contributed by atoms with E-state index in [0.29, 0.717) is 17.1 Å². The van der Waals surface area contributed by atoms with Gasteiger partial charge in [-0.25, -0.2) is 14.7 Å². The fourth-order valence-corrected chi connectivity index (χ4v) is 3.28. The first-order valence-electron chi connectivity index (χ1n) is 8.86. The highest BCUT2D eigenvalue weighted by Gasteiger charge is 2.37. The van der Waals surface area contributed by atoms with Crippen LogP contribution in [0.25, 0.3) is 0 Å². The molecule has 1 atom stereocenters. The van der Waals surface area contributed by atoms with Crippen LogP contribution in [-0.2, 0) is 17.8 Å². The van der Waals surface area contributed by atoms with Crippen LogP contribution in [0.2, 0.25) is 0 Å². The maximum absolute atomic E-state index is 12.7. The monoisotopic (exact) mass is 368 g/mol. The number of hydrogen-bond acceptors (Lipinski definition) is 5. The van der Waals surface area contributed by atoms with E-state index in [2.05, 4.69) is 20.9 Å². The Balaban J connectivity index is 1.59. The van der Waals surface area contributed by atoms with Crippen LogP contribution in [0.1, 0.15) is 23.2 Å². The largest absolute Gasteiger partial charge is 0.333 e. The van der Waals surface area contributed by atoms with Gasteiger partial charge in [0.1, 0.15) is 17.6 Å². The third-order valence-electron chi connectivity index (χ3n) is 4.67. The summed E-state index contributed by atoms with van der Waals surface area (Å²) in [5, 5.41) is 8.63. The number of urea groups is 1. The minimum atomic E-state index is -0.598. The van der Waals surface area contributed by atoms with E-state index in [4.69, 9.17) is 0 Å². The average Bonchev–Trinajstić information content (AvgIpc) is 3.07. The summed E-state index contributed by atoms with van der Waals surface area (Å²) in [5.74, 6) is 0.125. The first-order chi connectivity index (χ1) is 13.0. The van der Waals surface area contributed by atoms with Crippen molar-refractivity contribution < 1.29 is 14.4 Å². The third kappa shape index (κ3) is 3.17. The van der Waals surface area contributed by atoms with Crippen molar-refractivity contribution in [2.75, 3.05) is 23.3 Å². The van der Waals surface area contributed by atoms with E-state index in [1.807, 2.05) is 4.57 Å². The lowest BCUT2D eigenvalue weighted by Crippen LogP contribution is -2.32. The molecule has 2 aliphatic heterocycles. The highest BCUT2D eigenvalue weighted by atomic mass is 16.2. The second kappa shape index (κ2) is 6.84. The number of carbonyl (C=O) groups excluding carboxylic acids is 3. The molecule has 3 N–H and O–H groups in total. The first-order valence-corrected chi connectivity index (χ1v) is 8.86. The smallest absolute Gasteiger partial charge is 0.329 e. The molecule has 0 bridgehead atoms. The third-order valence-corrected chi connectivity index (χ3v) is 4.67. The number of para-hydroxylation sites is 2. The van der Waals surface area contributed by atoms with Gasteiger partial charge in [0, 0.05) is 32.3 Å². The molecule has 1 aromatic carbocycles. The number of nitrogens with zero attached hydrogens (tertiary/aromatic N) is 3. The van der Waals surface area contributed by atoms with Crippen molar-refractivity contribution in [3.8, 4) is 0 Å². The standard InChI is InChI=1S/C18H20N6O3/c1-11-17(26)24(18(27)20-11)14-5-3-2-4-12(14)22-16(25)13-10-23-9-8-19-7-6-15(23)21-13/h2-5,10-11,19H,6-9H2,1H3,(H,20,27)(H,22,25). The van der Waals surface area contributed by atoms with Crippen LogP contribution in [0, 0.1) is 0 Å². The van der Waals surface area contributed by atoms with Crippen LogP contribution in [0.15, 0.2) is 30.5 Å². The summed E-state index contributed by atoms with van der Waals surface area (Å²) in [4.78, 5) is 42.6. The number of imidazole rings is 1. The van der Waals surface area contributed by atoms with Gasteiger partial charge in [-0.15, -0.1) is 0 Å². The summed E-state index contributed by atoms with van der Waals surface area (Å²) >= 11 is 0. The lowest BCUT2D eigenvalue weighted by atomic mass is 10.2. The van der Waals surface area contributed by atoms with E-state index in [1.165, 1.54) is 0 Å². The summed E-state index contributed by atoms with van der Waals surface area (Å²) in [6.07, 6.45) is 2.49. The normalized spacial score (nSPS) is 19.4. The SMILES string of the molecule is CC1NC(=O)N(c2ccccc2NC(=O)c2cn3c(n2)CCNCC3)C1=O. The zero-order valence-corrected chi connectivity index (χ0v) is 14.9. The van der Waals surface area contributed by atoms with Crippen molar-refractivity contribution in [1.82, 2.24) is 20.2 Å². The number of nitrogens with one attached hydrogen (secondary N) is 3. The maximum Gasteiger partial charge on any atom is 0.329 e. The van der Waals surface area contributed by atoms with E-state index in [0.717, 1.165) is 36.8 Å². The van der Waals surface area contributed by atoms with Gasteiger partial charge in [0.15, 0.2) is 0 Å². The quantitative estimate of drug-likeness (QED) is 0.692. The second-order valence-electron chi connectivity index (χ2n) is 6.55. The summed E-state index contributed by atoms with van der Waals surface area (Å²) in [6, 6.07) is 5.62. The molecule has 1 fully saturated rings. The van der Waals surface area contributed by atoms with Gasteiger partial charge < -0.3 is 20.5 Å². The number of benzene rings is 1. The molecule has 140 valence electrons. The topological polar surface area (TPSA) is 108 Å². The van der Waals surface area contributed by atoms with Crippen LogP contribution in [-0.4, -0.2) is 46.5 Å². The molecular formula is C18H20N6O3. The van der Waals surface area contributed by atoms with E-state index in [-0.39, 0.29) is 11.8 Å². The molecule has 4 amide bonds. The van der Waals surface area contributed by atoms with Gasteiger partial charge in [0.05, 0.1) is 11.4 Å². The van der Waals surface area contributed by atoms with Crippen molar-refractivity contribution in [1.29, 1.82) is 0 Å². The first kappa shape index (κ1) is 17.2. The molecule has 27 heavy (non-hydrogen) atoms. The Morgan fingerprint density at radius 3 is 2.85 bits per heavy atom. The Kier molecular flexibility index (Phi) is 4.36. The van der Waals surface area contributed by atoms with Crippen LogP contribution < -0.4 is 20.9 Å². The van der Waals surface area contributed by atoms with Gasteiger partial charge in [-0.2, -0.15) is 0 Å². The molecule has 0 aliphatic carbocycles. The molecule has 0 radical (unpaired) electrons. The number of fused-ring (bicyclic) bond motifs is 1. The molecule has 9 nitrogen and oxygen atoms in total. The van der Waals surface area contributed by atoms with Gasteiger partial charge in [-0.05, 0) is 19.1 Å². The summed E-state index contributed by atoms with van der Waals surface area (Å²) in [6.45, 7) is 4.03. The Hall–Kier alpha value is -3.20. The van der Waals surface area contributed by atoms with Gasteiger partial charge >= 0.3 is 6.03 Å². The number of imide groups is 1. The number of rotatable bonds is 3. The van der Waals surface area contributed by atoms with Crippen LogP contribution in [0.5, 0.6) is 0 Å². The zero-order chi connectivity index (χ0) is 19.0. The molecule has 4 rings (SSSR count). The number of carbonyl (C=O) groups is 3. The molecule has 1 saturated heterocycles. The lowest BCUT2D eigenvalue weighted by molar-refractivity contribution is -0.117. The fraction of sp³-hybridized carbons (Fsp3) is 0.333. The highest BCUT2D eigenvalue weighted by Crippen LogP contribution is 2.28. The highest BCUT2D eigenvalue weighted by molar-refractivity contribution is 6.23. The van der Waals surface area contributed by atoms with E-state index >= 15 is 0 Å². The summed E-state index contributed by atoms with van der Waals surface area (Å²) in [7, 11) is 0. The summed E-state index contributed by atoms with van der Waals surface area (Å²) < 4.78 is 1.97. The van der Waals surface area contributed by atoms with Crippen LogP contribution >= 0.6 is 0 Å². The number of amides is 4. The predicted octanol–water partition coefficient (Wildman–Crippen LogP) is 0.726. The van der Waals surface area contributed by atoms with Crippen molar-refractivity contribution in [2.45, 2.75) is 25.9 Å². The Morgan fingerprint density at radius 1 is 1.26 bits per heavy atom. The Bertz CT molecular complexity index is 898. The maximum atomic E-state index is 12.7. The molecule has 0 saturated carbocycles.